The van der Waals surface area contributed by atoms with Crippen molar-refractivity contribution in [2.24, 2.45) is 0 Å². The molecule has 1 heterocycles. The number of sulfone groups is 1. The molecule has 1 aromatic rings. The number of nitrogens with two attached hydrogens (primary N) is 1. The maximum Gasteiger partial charge on any atom is 0.152 e. The summed E-state index contributed by atoms with van der Waals surface area (Å²) in [5, 5.41) is 9.91. The van der Waals surface area contributed by atoms with Crippen LogP contribution in [-0.4, -0.2) is 62.3 Å². The molecule has 0 saturated carbocycles. The Morgan fingerprint density at radius 2 is 1.85 bits per heavy atom. The molecule has 1 unspecified atom stereocenters. The van der Waals surface area contributed by atoms with Gasteiger partial charge in [0, 0.05) is 25.3 Å². The van der Waals surface area contributed by atoms with Gasteiger partial charge in [-0.2, -0.15) is 0 Å². The summed E-state index contributed by atoms with van der Waals surface area (Å²) in [6, 6.07) is 6.96. The first-order valence-electron chi connectivity index (χ1n) is 6.54. The van der Waals surface area contributed by atoms with Crippen LogP contribution in [0.4, 0.5) is 5.69 Å². The van der Waals surface area contributed by atoms with Gasteiger partial charge in [0.2, 0.25) is 0 Å². The molecule has 0 amide bonds. The molecule has 7 heteroatoms. The van der Waals surface area contributed by atoms with Crippen molar-refractivity contribution in [1.29, 1.82) is 0 Å². The molecule has 1 atom stereocenters. The number of anilines is 1. The average molecular weight is 300 g/mol. The lowest BCUT2D eigenvalue weighted by molar-refractivity contribution is 0.0710. The maximum absolute atomic E-state index is 11.3. The van der Waals surface area contributed by atoms with Crippen molar-refractivity contribution in [2.45, 2.75) is 6.10 Å². The number of nitrogen functional groups attached to an aromatic ring is 1. The van der Waals surface area contributed by atoms with Crippen molar-refractivity contribution in [1.82, 2.24) is 4.90 Å². The molecule has 0 spiro atoms. The number of rotatable bonds is 5. The monoisotopic (exact) mass is 300 g/mol. The fourth-order valence-corrected chi connectivity index (χ4v) is 3.32. The van der Waals surface area contributed by atoms with Crippen LogP contribution in [-0.2, 0) is 9.84 Å². The molecule has 1 aromatic carbocycles. The Kier molecular flexibility index (Phi) is 4.85. The van der Waals surface area contributed by atoms with Crippen molar-refractivity contribution in [2.75, 3.05) is 43.5 Å². The molecule has 1 aliphatic heterocycles. The van der Waals surface area contributed by atoms with Crippen molar-refractivity contribution >= 4 is 15.5 Å². The summed E-state index contributed by atoms with van der Waals surface area (Å²) >= 11 is 0. The minimum atomic E-state index is -2.88. The van der Waals surface area contributed by atoms with Gasteiger partial charge in [0.25, 0.3) is 0 Å². The predicted octanol–water partition coefficient (Wildman–Crippen LogP) is -0.261. The third kappa shape index (κ3) is 4.66. The Labute approximate surface area is 119 Å². The second-order valence-electron chi connectivity index (χ2n) is 4.99. The van der Waals surface area contributed by atoms with Gasteiger partial charge in [-0.05, 0) is 24.3 Å². The summed E-state index contributed by atoms with van der Waals surface area (Å²) in [6.07, 6.45) is -0.645. The molecule has 0 aromatic heterocycles. The van der Waals surface area contributed by atoms with Gasteiger partial charge in [0.15, 0.2) is 9.84 Å². The van der Waals surface area contributed by atoms with Crippen molar-refractivity contribution in [3.05, 3.63) is 24.3 Å². The molecule has 0 radical (unpaired) electrons. The van der Waals surface area contributed by atoms with Crippen LogP contribution in [0.1, 0.15) is 0 Å². The minimum absolute atomic E-state index is 0.165. The van der Waals surface area contributed by atoms with E-state index in [9.17, 15) is 13.5 Å². The predicted molar refractivity (Wildman–Crippen MR) is 77.5 cm³/mol. The third-order valence-electron chi connectivity index (χ3n) is 3.23. The summed E-state index contributed by atoms with van der Waals surface area (Å²) < 4.78 is 28.0. The highest BCUT2D eigenvalue weighted by Gasteiger charge is 2.23. The number of aliphatic hydroxyl groups is 1. The number of aliphatic hydroxyl groups excluding tert-OH is 1. The smallest absolute Gasteiger partial charge is 0.152 e. The zero-order valence-electron chi connectivity index (χ0n) is 11.2. The molecule has 112 valence electrons. The molecule has 0 aliphatic carbocycles. The molecule has 0 bridgehead atoms. The first-order valence-corrected chi connectivity index (χ1v) is 8.36. The van der Waals surface area contributed by atoms with Crippen LogP contribution < -0.4 is 10.5 Å². The summed E-state index contributed by atoms with van der Waals surface area (Å²) in [5.41, 5.74) is 6.23. The van der Waals surface area contributed by atoms with Crippen molar-refractivity contribution in [3.8, 4) is 5.75 Å². The van der Waals surface area contributed by atoms with Gasteiger partial charge in [-0.1, -0.05) is 0 Å². The van der Waals surface area contributed by atoms with E-state index in [2.05, 4.69) is 0 Å². The van der Waals surface area contributed by atoms with E-state index in [1.165, 1.54) is 0 Å². The molecular weight excluding hydrogens is 280 g/mol. The third-order valence-corrected chi connectivity index (χ3v) is 4.84. The van der Waals surface area contributed by atoms with E-state index in [-0.39, 0.29) is 18.1 Å². The lowest BCUT2D eigenvalue weighted by Crippen LogP contribution is -2.44. The lowest BCUT2D eigenvalue weighted by Gasteiger charge is -2.28. The van der Waals surface area contributed by atoms with E-state index in [1.807, 2.05) is 4.90 Å². The molecule has 2 rings (SSSR count). The SMILES string of the molecule is Nc1ccc(OCC(O)CN2CCS(=O)(=O)CC2)cc1. The van der Waals surface area contributed by atoms with Crippen LogP contribution in [0.2, 0.25) is 0 Å². The first-order chi connectivity index (χ1) is 9.44. The van der Waals surface area contributed by atoms with Crippen LogP contribution in [0, 0.1) is 0 Å². The number of ether oxygens (including phenoxy) is 1. The summed E-state index contributed by atoms with van der Waals surface area (Å²) in [5.74, 6) is 0.983. The van der Waals surface area contributed by atoms with Crippen LogP contribution in [0.5, 0.6) is 5.75 Å². The van der Waals surface area contributed by atoms with Crippen molar-refractivity contribution in [3.63, 3.8) is 0 Å². The fraction of sp³-hybridized carbons (Fsp3) is 0.538. The number of benzene rings is 1. The normalized spacial score (nSPS) is 20.4. The zero-order chi connectivity index (χ0) is 14.6. The molecule has 1 aliphatic rings. The molecule has 3 N–H and O–H groups in total. The molecule has 1 saturated heterocycles. The van der Waals surface area contributed by atoms with Crippen LogP contribution >= 0.6 is 0 Å². The molecule has 20 heavy (non-hydrogen) atoms. The van der Waals surface area contributed by atoms with E-state index in [4.69, 9.17) is 10.5 Å². The maximum atomic E-state index is 11.3. The summed E-state index contributed by atoms with van der Waals surface area (Å²) in [7, 11) is -2.88. The second kappa shape index (κ2) is 6.43. The van der Waals surface area contributed by atoms with Gasteiger partial charge < -0.3 is 15.6 Å². The van der Waals surface area contributed by atoms with Crippen LogP contribution in [0.25, 0.3) is 0 Å². The Hall–Kier alpha value is -1.31. The van der Waals surface area contributed by atoms with E-state index >= 15 is 0 Å². The number of nitrogens with zero attached hydrogens (tertiary/aromatic N) is 1. The Bertz CT molecular complexity index is 516. The first kappa shape index (κ1) is 15.1. The van der Waals surface area contributed by atoms with Gasteiger partial charge >= 0.3 is 0 Å². The number of β-amino-alcohol motifs (C(OH)–C–C–N with tert-alkyl or cyclic N) is 1. The van der Waals surface area contributed by atoms with Gasteiger partial charge in [0.05, 0.1) is 11.5 Å². The van der Waals surface area contributed by atoms with E-state index in [1.54, 1.807) is 24.3 Å². The van der Waals surface area contributed by atoms with Crippen LogP contribution in [0.3, 0.4) is 0 Å². The molecular formula is C13H20N2O4S. The topological polar surface area (TPSA) is 92.9 Å². The highest BCUT2D eigenvalue weighted by atomic mass is 32.2. The molecule has 6 nitrogen and oxygen atoms in total. The fourth-order valence-electron chi connectivity index (χ4n) is 2.04. The van der Waals surface area contributed by atoms with E-state index < -0.39 is 15.9 Å². The average Bonchev–Trinajstić information content (AvgIpc) is 2.41. The summed E-state index contributed by atoms with van der Waals surface area (Å²) in [4.78, 5) is 1.94. The zero-order valence-corrected chi connectivity index (χ0v) is 12.1. The molecule has 1 fully saturated rings. The minimum Gasteiger partial charge on any atom is -0.491 e. The number of hydrogen-bond donors (Lipinski definition) is 2. The standard InChI is InChI=1S/C13H20N2O4S/c14-11-1-3-13(4-2-11)19-10-12(16)9-15-5-7-20(17,18)8-6-15/h1-4,12,16H,5-10,14H2. The largest absolute Gasteiger partial charge is 0.491 e. The van der Waals surface area contributed by atoms with E-state index in [0.717, 1.165) is 0 Å². The van der Waals surface area contributed by atoms with Gasteiger partial charge in [0.1, 0.15) is 18.5 Å². The van der Waals surface area contributed by atoms with Crippen LogP contribution in [0.15, 0.2) is 24.3 Å². The Morgan fingerprint density at radius 1 is 1.25 bits per heavy atom. The Balaban J connectivity index is 1.73. The quantitative estimate of drug-likeness (QED) is 0.728. The number of hydrogen-bond acceptors (Lipinski definition) is 6. The second-order valence-corrected chi connectivity index (χ2v) is 7.29. The van der Waals surface area contributed by atoms with Gasteiger partial charge in [-0.25, -0.2) is 8.42 Å². The van der Waals surface area contributed by atoms with Gasteiger partial charge in [-0.3, -0.25) is 4.90 Å². The summed E-state index contributed by atoms with van der Waals surface area (Å²) in [6.45, 7) is 1.54. The highest BCUT2D eigenvalue weighted by Crippen LogP contribution is 2.13. The highest BCUT2D eigenvalue weighted by molar-refractivity contribution is 7.91. The van der Waals surface area contributed by atoms with Crippen molar-refractivity contribution < 1.29 is 18.3 Å². The Morgan fingerprint density at radius 3 is 2.45 bits per heavy atom. The lowest BCUT2D eigenvalue weighted by atomic mass is 10.3. The van der Waals surface area contributed by atoms with Gasteiger partial charge in [-0.15, -0.1) is 0 Å². The van der Waals surface area contributed by atoms with E-state index in [0.29, 0.717) is 31.1 Å².